The van der Waals surface area contributed by atoms with Crippen molar-refractivity contribution >= 4 is 0 Å². The summed E-state index contributed by atoms with van der Waals surface area (Å²) in [6.07, 6.45) is 7.39. The van der Waals surface area contributed by atoms with Crippen molar-refractivity contribution in [2.24, 2.45) is 13.0 Å². The smallest absolute Gasteiger partial charge is 0.0914 e. The average Bonchev–Trinajstić information content (AvgIpc) is 2.87. The Bertz CT molecular complexity index is 541. The third kappa shape index (κ3) is 2.68. The van der Waals surface area contributed by atoms with Crippen LogP contribution in [-0.2, 0) is 13.5 Å². The molecule has 1 atom stereocenters. The molecule has 0 aromatic carbocycles. The molecule has 1 N–H and O–H groups in total. The summed E-state index contributed by atoms with van der Waals surface area (Å²) in [4.78, 5) is 4.57. The SMILES string of the molecule is Cn1nccc1-c1ncccc1CC1CCCNC1. The summed E-state index contributed by atoms with van der Waals surface area (Å²) in [7, 11) is 1.97. The number of nitrogens with one attached hydrogen (secondary N) is 1. The Kier molecular flexibility index (Phi) is 3.60. The molecule has 1 aliphatic rings. The molecule has 3 rings (SSSR count). The second-order valence-corrected chi connectivity index (χ2v) is 5.27. The van der Waals surface area contributed by atoms with Crippen molar-refractivity contribution < 1.29 is 0 Å². The molecule has 1 unspecified atom stereocenters. The van der Waals surface area contributed by atoms with Crippen LogP contribution in [0.1, 0.15) is 18.4 Å². The van der Waals surface area contributed by atoms with Crippen molar-refractivity contribution in [3.63, 3.8) is 0 Å². The van der Waals surface area contributed by atoms with Crippen LogP contribution in [0.4, 0.5) is 0 Å². The van der Waals surface area contributed by atoms with Gasteiger partial charge in [0.25, 0.3) is 0 Å². The molecule has 2 aromatic heterocycles. The summed E-state index contributed by atoms with van der Waals surface area (Å²) in [6, 6.07) is 6.26. The highest BCUT2D eigenvalue weighted by molar-refractivity contribution is 5.58. The van der Waals surface area contributed by atoms with Gasteiger partial charge in [-0.2, -0.15) is 5.10 Å². The van der Waals surface area contributed by atoms with Gasteiger partial charge < -0.3 is 5.32 Å². The highest BCUT2D eigenvalue weighted by atomic mass is 15.3. The lowest BCUT2D eigenvalue weighted by Gasteiger charge is -2.23. The number of rotatable bonds is 3. The fourth-order valence-electron chi connectivity index (χ4n) is 2.85. The van der Waals surface area contributed by atoms with E-state index in [1.54, 1.807) is 0 Å². The number of piperidine rings is 1. The minimum absolute atomic E-state index is 0.727. The first-order chi connectivity index (χ1) is 9.34. The fraction of sp³-hybridized carbons (Fsp3) is 0.467. The number of aromatic nitrogens is 3. The molecule has 4 heteroatoms. The maximum absolute atomic E-state index is 4.57. The molecule has 0 spiro atoms. The minimum Gasteiger partial charge on any atom is -0.316 e. The summed E-state index contributed by atoms with van der Waals surface area (Å²) in [5, 5.41) is 7.73. The van der Waals surface area contributed by atoms with Crippen LogP contribution in [0, 0.1) is 5.92 Å². The van der Waals surface area contributed by atoms with Crippen LogP contribution in [0.3, 0.4) is 0 Å². The molecule has 1 saturated heterocycles. The molecule has 0 radical (unpaired) electrons. The lowest BCUT2D eigenvalue weighted by atomic mass is 9.91. The molecule has 0 saturated carbocycles. The Morgan fingerprint density at radius 2 is 2.32 bits per heavy atom. The van der Waals surface area contributed by atoms with Gasteiger partial charge in [0.15, 0.2) is 0 Å². The van der Waals surface area contributed by atoms with Gasteiger partial charge in [0.05, 0.1) is 11.4 Å². The van der Waals surface area contributed by atoms with E-state index in [9.17, 15) is 0 Å². The first-order valence-electron chi connectivity index (χ1n) is 6.97. The fourth-order valence-corrected chi connectivity index (χ4v) is 2.85. The van der Waals surface area contributed by atoms with Gasteiger partial charge in [-0.15, -0.1) is 0 Å². The Labute approximate surface area is 113 Å². The van der Waals surface area contributed by atoms with Gasteiger partial charge in [-0.05, 0) is 56.0 Å². The second-order valence-electron chi connectivity index (χ2n) is 5.27. The summed E-state index contributed by atoms with van der Waals surface area (Å²) in [5.74, 6) is 0.727. The van der Waals surface area contributed by atoms with Crippen LogP contribution in [0.25, 0.3) is 11.4 Å². The van der Waals surface area contributed by atoms with Crippen molar-refractivity contribution in [3.8, 4) is 11.4 Å². The molecule has 0 amide bonds. The first-order valence-corrected chi connectivity index (χ1v) is 6.97. The summed E-state index contributed by atoms with van der Waals surface area (Å²) < 4.78 is 1.89. The van der Waals surface area contributed by atoms with E-state index in [-0.39, 0.29) is 0 Å². The molecule has 100 valence electrons. The third-order valence-electron chi connectivity index (χ3n) is 3.86. The molecule has 2 aromatic rings. The third-order valence-corrected chi connectivity index (χ3v) is 3.86. The van der Waals surface area contributed by atoms with E-state index >= 15 is 0 Å². The largest absolute Gasteiger partial charge is 0.316 e. The summed E-state index contributed by atoms with van der Waals surface area (Å²) in [6.45, 7) is 2.29. The topological polar surface area (TPSA) is 42.7 Å². The quantitative estimate of drug-likeness (QED) is 0.913. The Morgan fingerprint density at radius 3 is 3.05 bits per heavy atom. The average molecular weight is 256 g/mol. The highest BCUT2D eigenvalue weighted by Gasteiger charge is 2.17. The maximum Gasteiger partial charge on any atom is 0.0914 e. The molecule has 19 heavy (non-hydrogen) atoms. The number of hydrogen-bond acceptors (Lipinski definition) is 3. The van der Waals surface area contributed by atoms with E-state index < -0.39 is 0 Å². The standard InChI is InChI=1S/C15H20N4/c1-19-14(6-9-18-19)15-13(5-3-8-17-15)10-12-4-2-7-16-11-12/h3,5-6,8-9,12,16H,2,4,7,10-11H2,1H3. The minimum atomic E-state index is 0.727. The Balaban J connectivity index is 1.87. The maximum atomic E-state index is 4.57. The van der Waals surface area contributed by atoms with Gasteiger partial charge in [-0.3, -0.25) is 9.67 Å². The predicted molar refractivity (Wildman–Crippen MR) is 75.7 cm³/mol. The molecule has 0 bridgehead atoms. The van der Waals surface area contributed by atoms with Crippen LogP contribution in [0.5, 0.6) is 0 Å². The van der Waals surface area contributed by atoms with Crippen LogP contribution in [0.2, 0.25) is 0 Å². The zero-order valence-corrected chi connectivity index (χ0v) is 11.3. The monoisotopic (exact) mass is 256 g/mol. The molecular weight excluding hydrogens is 236 g/mol. The second kappa shape index (κ2) is 5.53. The van der Waals surface area contributed by atoms with Gasteiger partial charge in [0.1, 0.15) is 0 Å². The summed E-state index contributed by atoms with van der Waals surface area (Å²) in [5.41, 5.74) is 3.51. The Morgan fingerprint density at radius 1 is 1.37 bits per heavy atom. The lowest BCUT2D eigenvalue weighted by molar-refractivity contribution is 0.376. The molecule has 1 fully saturated rings. The molecule has 4 nitrogen and oxygen atoms in total. The molecular formula is C15H20N4. The van der Waals surface area contributed by atoms with E-state index in [0.717, 1.165) is 36.8 Å². The van der Waals surface area contributed by atoms with Gasteiger partial charge in [0, 0.05) is 19.4 Å². The van der Waals surface area contributed by atoms with E-state index in [4.69, 9.17) is 0 Å². The van der Waals surface area contributed by atoms with Crippen LogP contribution in [0.15, 0.2) is 30.6 Å². The van der Waals surface area contributed by atoms with Gasteiger partial charge in [-0.25, -0.2) is 0 Å². The van der Waals surface area contributed by atoms with Crippen molar-refractivity contribution in [3.05, 3.63) is 36.2 Å². The predicted octanol–water partition coefficient (Wildman–Crippen LogP) is 2.02. The Hall–Kier alpha value is -1.68. The molecule has 0 aliphatic carbocycles. The number of pyridine rings is 1. The molecule has 1 aliphatic heterocycles. The van der Waals surface area contributed by atoms with Crippen LogP contribution < -0.4 is 5.32 Å². The normalized spacial score (nSPS) is 19.5. The van der Waals surface area contributed by atoms with Gasteiger partial charge in [-0.1, -0.05) is 6.07 Å². The van der Waals surface area contributed by atoms with Crippen LogP contribution in [-0.4, -0.2) is 27.9 Å². The van der Waals surface area contributed by atoms with E-state index in [1.807, 2.05) is 36.3 Å². The lowest BCUT2D eigenvalue weighted by Crippen LogP contribution is -2.31. The summed E-state index contributed by atoms with van der Waals surface area (Å²) >= 11 is 0. The van der Waals surface area contributed by atoms with E-state index in [0.29, 0.717) is 0 Å². The van der Waals surface area contributed by atoms with Crippen LogP contribution >= 0.6 is 0 Å². The zero-order valence-electron chi connectivity index (χ0n) is 11.3. The van der Waals surface area contributed by atoms with Gasteiger partial charge in [0.2, 0.25) is 0 Å². The first kappa shape index (κ1) is 12.4. The van der Waals surface area contributed by atoms with Gasteiger partial charge >= 0.3 is 0 Å². The number of nitrogens with zero attached hydrogens (tertiary/aromatic N) is 3. The number of aryl methyl sites for hydroxylation is 1. The molecule has 3 heterocycles. The van der Waals surface area contributed by atoms with Crippen molar-refractivity contribution in [2.45, 2.75) is 19.3 Å². The van der Waals surface area contributed by atoms with Crippen molar-refractivity contribution in [2.75, 3.05) is 13.1 Å². The van der Waals surface area contributed by atoms with E-state index in [2.05, 4.69) is 21.5 Å². The zero-order chi connectivity index (χ0) is 13.1. The van der Waals surface area contributed by atoms with E-state index in [1.165, 1.54) is 18.4 Å². The number of hydrogen-bond donors (Lipinski definition) is 1. The van der Waals surface area contributed by atoms with Crippen molar-refractivity contribution in [1.82, 2.24) is 20.1 Å². The highest BCUT2D eigenvalue weighted by Crippen LogP contribution is 2.24. The van der Waals surface area contributed by atoms with Crippen molar-refractivity contribution in [1.29, 1.82) is 0 Å².